The summed E-state index contributed by atoms with van der Waals surface area (Å²) in [7, 11) is 2.04. The Morgan fingerprint density at radius 1 is 1.25 bits per heavy atom. The Morgan fingerprint density at radius 2 is 2.17 bits per heavy atom. The fourth-order valence-corrected chi connectivity index (χ4v) is 2.79. The Balaban J connectivity index is 1.56. The van der Waals surface area contributed by atoms with E-state index < -0.39 is 0 Å². The quantitative estimate of drug-likeness (QED) is 0.723. The molecule has 2 atom stereocenters. The van der Waals surface area contributed by atoms with Crippen molar-refractivity contribution in [2.45, 2.75) is 19.1 Å². The maximum Gasteiger partial charge on any atom is 0.270 e. The monoisotopic (exact) mass is 327 g/mol. The molecule has 24 heavy (non-hydrogen) atoms. The van der Waals surface area contributed by atoms with Gasteiger partial charge in [0.05, 0.1) is 6.10 Å². The molecule has 0 N–H and O–H groups in total. The van der Waals surface area contributed by atoms with Gasteiger partial charge < -0.3 is 18.6 Å². The van der Waals surface area contributed by atoms with E-state index in [0.29, 0.717) is 29.8 Å². The van der Waals surface area contributed by atoms with E-state index in [2.05, 4.69) is 25.2 Å². The van der Waals surface area contributed by atoms with Gasteiger partial charge in [-0.05, 0) is 26.1 Å². The number of likely N-dealkylation sites (N-methyl/N-ethyl adjacent to an activating group) is 1. The summed E-state index contributed by atoms with van der Waals surface area (Å²) in [5.41, 5.74) is 1.33. The second-order valence-electron chi connectivity index (χ2n) is 5.92. The van der Waals surface area contributed by atoms with Crippen LogP contribution in [0.1, 0.15) is 18.9 Å². The molecule has 1 fully saturated rings. The van der Waals surface area contributed by atoms with Crippen LogP contribution >= 0.6 is 0 Å². The number of nitrogens with zero attached hydrogens (tertiary/aromatic N) is 5. The van der Waals surface area contributed by atoms with Gasteiger partial charge in [0.1, 0.15) is 6.10 Å². The lowest BCUT2D eigenvalue weighted by Gasteiger charge is -2.32. The van der Waals surface area contributed by atoms with E-state index in [-0.39, 0.29) is 12.2 Å². The van der Waals surface area contributed by atoms with Gasteiger partial charge in [-0.3, -0.25) is 4.98 Å². The van der Waals surface area contributed by atoms with Gasteiger partial charge in [-0.25, -0.2) is 0 Å². The fourth-order valence-electron chi connectivity index (χ4n) is 2.79. The first-order valence-electron chi connectivity index (χ1n) is 7.74. The summed E-state index contributed by atoms with van der Waals surface area (Å²) in [6, 6.07) is 5.48. The summed E-state index contributed by atoms with van der Waals surface area (Å²) in [6.45, 7) is 3.62. The van der Waals surface area contributed by atoms with Crippen molar-refractivity contribution in [1.29, 1.82) is 0 Å². The number of hydrogen-bond acceptors (Lipinski definition) is 8. The SMILES string of the molecule is C[C@@H]1CN(C)C[C@H](c2nnc(-c3cc(-c4cccnc4)on3)o2)O1. The van der Waals surface area contributed by atoms with Crippen molar-refractivity contribution in [2.24, 2.45) is 0 Å². The van der Waals surface area contributed by atoms with Crippen LogP contribution in [-0.4, -0.2) is 51.5 Å². The molecule has 0 amide bonds. The lowest BCUT2D eigenvalue weighted by molar-refractivity contribution is -0.0821. The van der Waals surface area contributed by atoms with Crippen LogP contribution in [0.4, 0.5) is 0 Å². The van der Waals surface area contributed by atoms with Crippen molar-refractivity contribution < 1.29 is 13.7 Å². The predicted octanol–water partition coefficient (Wildman–Crippen LogP) is 2.18. The molecule has 0 radical (unpaired) electrons. The molecule has 8 nitrogen and oxygen atoms in total. The van der Waals surface area contributed by atoms with Crippen LogP contribution in [-0.2, 0) is 4.74 Å². The second-order valence-corrected chi connectivity index (χ2v) is 5.92. The average molecular weight is 327 g/mol. The lowest BCUT2D eigenvalue weighted by Crippen LogP contribution is -2.40. The first-order valence-corrected chi connectivity index (χ1v) is 7.74. The third kappa shape index (κ3) is 2.93. The minimum Gasteiger partial charge on any atom is -0.416 e. The molecule has 124 valence electrons. The molecule has 1 aliphatic rings. The van der Waals surface area contributed by atoms with Gasteiger partial charge in [0, 0.05) is 37.1 Å². The van der Waals surface area contributed by atoms with Gasteiger partial charge in [0.25, 0.3) is 5.89 Å². The molecule has 0 saturated carbocycles. The van der Waals surface area contributed by atoms with Crippen LogP contribution in [0.3, 0.4) is 0 Å². The maximum atomic E-state index is 5.88. The number of aromatic nitrogens is 4. The van der Waals surface area contributed by atoms with Gasteiger partial charge in [0.15, 0.2) is 11.5 Å². The van der Waals surface area contributed by atoms with E-state index in [9.17, 15) is 0 Å². The summed E-state index contributed by atoms with van der Waals surface area (Å²) in [5.74, 6) is 1.36. The minimum atomic E-state index is -0.232. The highest BCUT2D eigenvalue weighted by Crippen LogP contribution is 2.28. The highest BCUT2D eigenvalue weighted by molar-refractivity contribution is 5.61. The fraction of sp³-hybridized carbons (Fsp3) is 0.375. The minimum absolute atomic E-state index is 0.119. The van der Waals surface area contributed by atoms with Crippen LogP contribution < -0.4 is 0 Å². The second kappa shape index (κ2) is 6.14. The smallest absolute Gasteiger partial charge is 0.270 e. The number of morpholine rings is 1. The average Bonchev–Trinajstić information content (AvgIpc) is 3.24. The van der Waals surface area contributed by atoms with Crippen molar-refractivity contribution in [1.82, 2.24) is 25.2 Å². The standard InChI is InChI=1S/C16H17N5O3/c1-10-8-21(2)9-14(22-10)16-19-18-15(23-16)12-6-13(24-20-12)11-4-3-5-17-7-11/h3-7,10,14H,8-9H2,1-2H3/t10-,14-/m1/s1. The van der Waals surface area contributed by atoms with Crippen LogP contribution in [0.2, 0.25) is 0 Å². The van der Waals surface area contributed by atoms with Crippen LogP contribution in [0.5, 0.6) is 0 Å². The predicted molar refractivity (Wildman–Crippen MR) is 83.8 cm³/mol. The van der Waals surface area contributed by atoms with E-state index in [1.807, 2.05) is 26.1 Å². The number of pyridine rings is 1. The van der Waals surface area contributed by atoms with Gasteiger partial charge in [-0.1, -0.05) is 5.16 Å². The topological polar surface area (TPSA) is 90.3 Å². The van der Waals surface area contributed by atoms with Crippen LogP contribution in [0, 0.1) is 0 Å². The Labute approximate surface area is 138 Å². The number of hydrogen-bond donors (Lipinski definition) is 0. The third-order valence-corrected chi connectivity index (χ3v) is 3.83. The van der Waals surface area contributed by atoms with Crippen LogP contribution in [0.15, 0.2) is 39.5 Å². The Kier molecular flexibility index (Phi) is 3.83. The molecule has 0 unspecified atom stereocenters. The van der Waals surface area contributed by atoms with Crippen LogP contribution in [0.25, 0.3) is 22.9 Å². The molecule has 0 aliphatic carbocycles. The zero-order valence-corrected chi connectivity index (χ0v) is 13.4. The zero-order valence-electron chi connectivity index (χ0n) is 13.4. The maximum absolute atomic E-state index is 5.88. The number of ether oxygens (including phenoxy) is 1. The van der Waals surface area contributed by atoms with E-state index in [1.165, 1.54) is 0 Å². The molecule has 1 saturated heterocycles. The molecule has 0 aromatic carbocycles. The largest absolute Gasteiger partial charge is 0.416 e. The molecule has 4 rings (SSSR count). The summed E-state index contributed by atoms with van der Waals surface area (Å²) in [6.07, 6.45) is 3.29. The molecule has 0 bridgehead atoms. The Hall–Kier alpha value is -2.58. The summed E-state index contributed by atoms with van der Waals surface area (Å²) in [5, 5.41) is 12.2. The highest BCUT2D eigenvalue weighted by atomic mass is 16.5. The van der Waals surface area contributed by atoms with Crippen molar-refractivity contribution in [3.63, 3.8) is 0 Å². The van der Waals surface area contributed by atoms with E-state index in [0.717, 1.165) is 12.1 Å². The molecule has 3 aromatic heterocycles. The van der Waals surface area contributed by atoms with E-state index in [1.54, 1.807) is 18.5 Å². The Morgan fingerprint density at radius 3 is 2.96 bits per heavy atom. The first-order chi connectivity index (χ1) is 11.7. The normalized spacial score (nSPS) is 21.9. The third-order valence-electron chi connectivity index (χ3n) is 3.83. The van der Waals surface area contributed by atoms with Gasteiger partial charge >= 0.3 is 0 Å². The molecular weight excluding hydrogens is 310 g/mol. The molecule has 1 aliphatic heterocycles. The summed E-state index contributed by atoms with van der Waals surface area (Å²) < 4.78 is 17.0. The highest BCUT2D eigenvalue weighted by Gasteiger charge is 2.29. The number of rotatable bonds is 3. The van der Waals surface area contributed by atoms with Gasteiger partial charge in [-0.15, -0.1) is 10.2 Å². The van der Waals surface area contributed by atoms with Crippen molar-refractivity contribution in [3.8, 4) is 22.9 Å². The van der Waals surface area contributed by atoms with E-state index >= 15 is 0 Å². The Bertz CT molecular complexity index is 806. The molecule has 0 spiro atoms. The van der Waals surface area contributed by atoms with Gasteiger partial charge in [0.2, 0.25) is 5.89 Å². The molecule has 4 heterocycles. The summed E-state index contributed by atoms with van der Waals surface area (Å²) in [4.78, 5) is 6.24. The van der Waals surface area contributed by atoms with Crippen molar-refractivity contribution >= 4 is 0 Å². The first kappa shape index (κ1) is 15.0. The van der Waals surface area contributed by atoms with E-state index in [4.69, 9.17) is 13.7 Å². The van der Waals surface area contributed by atoms with Crippen molar-refractivity contribution in [3.05, 3.63) is 36.5 Å². The molecule has 8 heteroatoms. The van der Waals surface area contributed by atoms with Crippen molar-refractivity contribution in [2.75, 3.05) is 20.1 Å². The molecule has 3 aromatic rings. The zero-order chi connectivity index (χ0) is 16.5. The van der Waals surface area contributed by atoms with Gasteiger partial charge in [-0.2, -0.15) is 0 Å². The lowest BCUT2D eigenvalue weighted by atomic mass is 10.2. The molecular formula is C16H17N5O3. The summed E-state index contributed by atoms with van der Waals surface area (Å²) >= 11 is 0.